The highest BCUT2D eigenvalue weighted by molar-refractivity contribution is 5.03. The molecule has 0 aromatic carbocycles. The molecule has 0 radical (unpaired) electrons. The van der Waals surface area contributed by atoms with Gasteiger partial charge in [0.05, 0.1) is 11.7 Å². The Hall–Kier alpha value is -0.120. The fourth-order valence-corrected chi connectivity index (χ4v) is 4.22. The molecule has 1 aliphatic carbocycles. The van der Waals surface area contributed by atoms with Gasteiger partial charge < -0.3 is 10.1 Å². The fraction of sp³-hybridized carbons (Fsp3) is 1.00. The van der Waals surface area contributed by atoms with Crippen LogP contribution in [0.15, 0.2) is 0 Å². The summed E-state index contributed by atoms with van der Waals surface area (Å²) in [7, 11) is 0. The average Bonchev–Trinajstić information content (AvgIpc) is 2.59. The second-order valence-corrected chi connectivity index (χ2v) is 8.14. The zero-order valence-corrected chi connectivity index (χ0v) is 14.3. The van der Waals surface area contributed by atoms with Crippen LogP contribution in [0.5, 0.6) is 0 Å². The van der Waals surface area contributed by atoms with Crippen LogP contribution in [0.3, 0.4) is 0 Å². The summed E-state index contributed by atoms with van der Waals surface area (Å²) < 4.78 is 6.07. The van der Waals surface area contributed by atoms with Crippen LogP contribution >= 0.6 is 0 Å². The first-order valence-corrected chi connectivity index (χ1v) is 8.40. The lowest BCUT2D eigenvalue weighted by Gasteiger charge is -2.47. The highest BCUT2D eigenvalue weighted by Gasteiger charge is 2.46. The smallest absolute Gasteiger partial charge is 0.0757 e. The normalized spacial score (nSPS) is 37.2. The van der Waals surface area contributed by atoms with Gasteiger partial charge in [-0.25, -0.2) is 0 Å². The summed E-state index contributed by atoms with van der Waals surface area (Å²) in [6.45, 7) is 17.0. The molecule has 1 N–H and O–H groups in total. The molecule has 2 aliphatic rings. The first-order valence-electron chi connectivity index (χ1n) is 8.40. The Bertz CT molecular complexity index is 327. The molecule has 3 heteroatoms. The summed E-state index contributed by atoms with van der Waals surface area (Å²) >= 11 is 0. The van der Waals surface area contributed by atoms with Crippen molar-refractivity contribution in [1.82, 2.24) is 10.2 Å². The van der Waals surface area contributed by atoms with E-state index in [1.165, 1.54) is 19.3 Å². The maximum absolute atomic E-state index is 6.07. The van der Waals surface area contributed by atoms with Gasteiger partial charge >= 0.3 is 0 Å². The van der Waals surface area contributed by atoms with E-state index < -0.39 is 0 Å². The standard InChI is InChI=1S/C17H34N2O/c1-7-10-18-15-14(8-9-16(15,3)4)19-11-13(2)20-17(5,6)12-19/h13-15,18H,7-12H2,1-6H3. The van der Waals surface area contributed by atoms with Crippen LogP contribution in [0, 0.1) is 5.41 Å². The largest absolute Gasteiger partial charge is 0.370 e. The zero-order chi connectivity index (χ0) is 15.0. The van der Waals surface area contributed by atoms with Crippen LogP contribution in [0.1, 0.15) is 60.8 Å². The molecule has 2 rings (SSSR count). The molecule has 20 heavy (non-hydrogen) atoms. The molecule has 1 saturated heterocycles. The average molecular weight is 282 g/mol. The van der Waals surface area contributed by atoms with E-state index in [9.17, 15) is 0 Å². The molecular formula is C17H34N2O. The number of ether oxygens (including phenoxy) is 1. The van der Waals surface area contributed by atoms with Crippen molar-refractivity contribution in [2.75, 3.05) is 19.6 Å². The Morgan fingerprint density at radius 1 is 1.25 bits per heavy atom. The molecule has 1 aliphatic heterocycles. The second-order valence-electron chi connectivity index (χ2n) is 8.14. The van der Waals surface area contributed by atoms with Crippen molar-refractivity contribution >= 4 is 0 Å². The molecule has 118 valence electrons. The van der Waals surface area contributed by atoms with E-state index in [0.717, 1.165) is 19.6 Å². The number of nitrogens with zero attached hydrogens (tertiary/aromatic N) is 1. The minimum absolute atomic E-state index is 0.0142. The third-order valence-electron chi connectivity index (χ3n) is 4.99. The molecule has 0 spiro atoms. The molecule has 2 fully saturated rings. The van der Waals surface area contributed by atoms with Gasteiger partial charge in [-0.2, -0.15) is 0 Å². The summed E-state index contributed by atoms with van der Waals surface area (Å²) in [5.41, 5.74) is 0.394. The summed E-state index contributed by atoms with van der Waals surface area (Å²) in [6.07, 6.45) is 4.20. The van der Waals surface area contributed by atoms with E-state index in [2.05, 4.69) is 51.8 Å². The Morgan fingerprint density at radius 2 is 1.95 bits per heavy atom. The van der Waals surface area contributed by atoms with Gasteiger partial charge in [0.2, 0.25) is 0 Å². The third-order valence-corrected chi connectivity index (χ3v) is 4.99. The van der Waals surface area contributed by atoms with Crippen molar-refractivity contribution < 1.29 is 4.74 Å². The number of hydrogen-bond acceptors (Lipinski definition) is 3. The molecule has 3 nitrogen and oxygen atoms in total. The number of morpholine rings is 1. The molecule has 0 aromatic heterocycles. The molecule has 3 atom stereocenters. The van der Waals surface area contributed by atoms with Crippen molar-refractivity contribution in [3.05, 3.63) is 0 Å². The molecule has 0 amide bonds. The Labute approximate surface area is 125 Å². The van der Waals surface area contributed by atoms with Gasteiger partial charge in [-0.05, 0) is 52.0 Å². The van der Waals surface area contributed by atoms with Crippen LogP contribution < -0.4 is 5.32 Å². The van der Waals surface area contributed by atoms with E-state index >= 15 is 0 Å². The van der Waals surface area contributed by atoms with Crippen molar-refractivity contribution in [3.8, 4) is 0 Å². The predicted molar refractivity (Wildman–Crippen MR) is 85.1 cm³/mol. The summed E-state index contributed by atoms with van der Waals surface area (Å²) in [5, 5.41) is 3.83. The van der Waals surface area contributed by atoms with Crippen molar-refractivity contribution in [2.24, 2.45) is 5.41 Å². The summed E-state index contributed by atoms with van der Waals surface area (Å²) in [6, 6.07) is 1.28. The number of nitrogens with one attached hydrogen (secondary N) is 1. The molecule has 0 aromatic rings. The molecule has 1 saturated carbocycles. The van der Waals surface area contributed by atoms with E-state index in [4.69, 9.17) is 4.74 Å². The van der Waals surface area contributed by atoms with Gasteiger partial charge in [-0.15, -0.1) is 0 Å². The van der Waals surface area contributed by atoms with Crippen molar-refractivity contribution in [1.29, 1.82) is 0 Å². The Kier molecular flexibility index (Phi) is 4.83. The first kappa shape index (κ1) is 16.3. The summed E-state index contributed by atoms with van der Waals surface area (Å²) in [4.78, 5) is 2.69. The van der Waals surface area contributed by atoms with E-state index in [1.807, 2.05) is 0 Å². The van der Waals surface area contributed by atoms with Gasteiger partial charge in [-0.3, -0.25) is 4.90 Å². The van der Waals surface area contributed by atoms with Crippen LogP contribution in [0.2, 0.25) is 0 Å². The van der Waals surface area contributed by atoms with Crippen LogP contribution in [-0.4, -0.2) is 48.3 Å². The van der Waals surface area contributed by atoms with Gasteiger partial charge in [0, 0.05) is 25.2 Å². The van der Waals surface area contributed by atoms with E-state index in [-0.39, 0.29) is 5.60 Å². The van der Waals surface area contributed by atoms with Crippen LogP contribution in [0.4, 0.5) is 0 Å². The highest BCUT2D eigenvalue weighted by atomic mass is 16.5. The zero-order valence-electron chi connectivity index (χ0n) is 14.3. The lowest BCUT2D eigenvalue weighted by molar-refractivity contribution is -0.140. The fourth-order valence-electron chi connectivity index (χ4n) is 4.22. The van der Waals surface area contributed by atoms with E-state index in [1.54, 1.807) is 0 Å². The van der Waals surface area contributed by atoms with Gasteiger partial charge in [0.1, 0.15) is 0 Å². The summed E-state index contributed by atoms with van der Waals surface area (Å²) in [5.74, 6) is 0. The van der Waals surface area contributed by atoms with Gasteiger partial charge in [0.25, 0.3) is 0 Å². The van der Waals surface area contributed by atoms with Crippen LogP contribution in [-0.2, 0) is 4.74 Å². The maximum atomic E-state index is 6.07. The topological polar surface area (TPSA) is 24.5 Å². The molecule has 3 unspecified atom stereocenters. The Balaban J connectivity index is 2.09. The second kappa shape index (κ2) is 5.94. The SMILES string of the molecule is CCCNC1C(N2CC(C)OC(C)(C)C2)CCC1(C)C. The number of hydrogen-bond donors (Lipinski definition) is 1. The molecule has 0 bridgehead atoms. The molecular weight excluding hydrogens is 248 g/mol. The van der Waals surface area contributed by atoms with Gasteiger partial charge in [-0.1, -0.05) is 20.8 Å². The maximum Gasteiger partial charge on any atom is 0.0757 e. The van der Waals surface area contributed by atoms with E-state index in [0.29, 0.717) is 23.6 Å². The minimum atomic E-state index is -0.0142. The van der Waals surface area contributed by atoms with Crippen molar-refractivity contribution in [3.63, 3.8) is 0 Å². The predicted octanol–water partition coefficient (Wildman–Crippen LogP) is 3.04. The third kappa shape index (κ3) is 3.55. The Morgan fingerprint density at radius 3 is 2.55 bits per heavy atom. The monoisotopic (exact) mass is 282 g/mol. The molecule has 1 heterocycles. The minimum Gasteiger partial charge on any atom is -0.370 e. The van der Waals surface area contributed by atoms with Crippen LogP contribution in [0.25, 0.3) is 0 Å². The number of rotatable bonds is 4. The first-order chi connectivity index (χ1) is 9.25. The van der Waals surface area contributed by atoms with Gasteiger partial charge in [0.15, 0.2) is 0 Å². The lowest BCUT2D eigenvalue weighted by atomic mass is 9.85. The quantitative estimate of drug-likeness (QED) is 0.858. The van der Waals surface area contributed by atoms with Crippen molar-refractivity contribution in [2.45, 2.75) is 84.6 Å². The highest BCUT2D eigenvalue weighted by Crippen LogP contribution is 2.41. The lowest BCUT2D eigenvalue weighted by Crippen LogP contribution is -2.60.